The van der Waals surface area contributed by atoms with Crippen molar-refractivity contribution in [2.75, 3.05) is 13.2 Å². The molecule has 110 valence electrons. The molecule has 3 rings (SSSR count). The lowest BCUT2D eigenvalue weighted by Gasteiger charge is -2.44. The molecule has 1 aliphatic heterocycles. The van der Waals surface area contributed by atoms with Crippen LogP contribution in [0.3, 0.4) is 0 Å². The molecule has 3 fully saturated rings. The number of nitrogens with one attached hydrogen (secondary N) is 1. The first-order chi connectivity index (χ1) is 9.38. The molecule has 3 N–H and O–H groups in total. The minimum Gasteiger partial charge on any atom is -0.381 e. The van der Waals surface area contributed by atoms with Crippen LogP contribution in [-0.2, 0) is 4.74 Å². The molecule has 5 unspecified atom stereocenters. The highest BCUT2D eigenvalue weighted by Gasteiger charge is 2.38. The van der Waals surface area contributed by atoms with Crippen LogP contribution in [0.25, 0.3) is 0 Å². The van der Waals surface area contributed by atoms with Crippen LogP contribution < -0.4 is 11.3 Å². The summed E-state index contributed by atoms with van der Waals surface area (Å²) in [4.78, 5) is 0. The summed E-state index contributed by atoms with van der Waals surface area (Å²) in [6.45, 7) is 1.86. The number of ether oxygens (including phenoxy) is 1. The van der Waals surface area contributed by atoms with Crippen molar-refractivity contribution < 1.29 is 4.74 Å². The largest absolute Gasteiger partial charge is 0.381 e. The maximum Gasteiger partial charge on any atom is 0.0509 e. The maximum atomic E-state index is 5.90. The predicted octanol–water partition coefficient (Wildman–Crippen LogP) is 2.85. The smallest absolute Gasteiger partial charge is 0.0509 e. The van der Waals surface area contributed by atoms with Crippen molar-refractivity contribution in [3.05, 3.63) is 0 Å². The lowest BCUT2D eigenvalue weighted by atomic mass is 9.64. The molecule has 3 nitrogen and oxygen atoms in total. The molecule has 0 spiro atoms. The topological polar surface area (TPSA) is 47.3 Å². The Morgan fingerprint density at radius 1 is 0.895 bits per heavy atom. The van der Waals surface area contributed by atoms with Crippen LogP contribution in [0.5, 0.6) is 0 Å². The molecule has 19 heavy (non-hydrogen) atoms. The summed E-state index contributed by atoms with van der Waals surface area (Å²) in [5.41, 5.74) is 3.16. The highest BCUT2D eigenvalue weighted by Crippen LogP contribution is 2.44. The quantitative estimate of drug-likeness (QED) is 0.610. The Bertz CT molecular complexity index is 278. The van der Waals surface area contributed by atoms with E-state index >= 15 is 0 Å². The van der Waals surface area contributed by atoms with Crippen LogP contribution >= 0.6 is 0 Å². The minimum absolute atomic E-state index is 0.489. The molecule has 1 saturated heterocycles. The molecule has 2 saturated carbocycles. The van der Waals surface area contributed by atoms with Gasteiger partial charge in [-0.25, -0.2) is 0 Å². The van der Waals surface area contributed by atoms with Crippen molar-refractivity contribution in [2.45, 2.75) is 63.8 Å². The van der Waals surface area contributed by atoms with Crippen molar-refractivity contribution in [1.29, 1.82) is 0 Å². The van der Waals surface area contributed by atoms with E-state index in [1.165, 1.54) is 57.8 Å². The van der Waals surface area contributed by atoms with Crippen molar-refractivity contribution in [1.82, 2.24) is 5.43 Å². The summed E-state index contributed by atoms with van der Waals surface area (Å²) in [6, 6.07) is 0.489. The van der Waals surface area contributed by atoms with Gasteiger partial charge in [0, 0.05) is 12.6 Å². The molecule has 0 bridgehead atoms. The average molecular weight is 266 g/mol. The van der Waals surface area contributed by atoms with Gasteiger partial charge in [-0.2, -0.15) is 0 Å². The number of nitrogens with two attached hydrogens (primary N) is 1. The van der Waals surface area contributed by atoms with E-state index in [1.807, 2.05) is 0 Å². The molecule has 0 aromatic rings. The van der Waals surface area contributed by atoms with Crippen LogP contribution in [0, 0.1) is 23.7 Å². The monoisotopic (exact) mass is 266 g/mol. The molecule has 0 aromatic heterocycles. The fourth-order valence-corrected chi connectivity index (χ4v) is 4.94. The summed E-state index contributed by atoms with van der Waals surface area (Å²) in [7, 11) is 0. The van der Waals surface area contributed by atoms with E-state index in [4.69, 9.17) is 10.6 Å². The number of fused-ring (bicyclic) bond motifs is 1. The number of hydrazine groups is 1. The number of hydrogen-bond donors (Lipinski definition) is 2. The number of rotatable bonds is 3. The third kappa shape index (κ3) is 3.14. The summed E-state index contributed by atoms with van der Waals surface area (Å²) in [6.07, 6.45) is 12.6. The average Bonchev–Trinajstić information content (AvgIpc) is 2.49. The summed E-state index contributed by atoms with van der Waals surface area (Å²) >= 11 is 0. The van der Waals surface area contributed by atoms with E-state index < -0.39 is 0 Å². The van der Waals surface area contributed by atoms with Gasteiger partial charge < -0.3 is 4.74 Å². The molecule has 5 atom stereocenters. The van der Waals surface area contributed by atoms with Crippen LogP contribution in [0.1, 0.15) is 57.8 Å². The Balaban J connectivity index is 1.60. The van der Waals surface area contributed by atoms with Crippen LogP contribution in [0.15, 0.2) is 0 Å². The standard InChI is InChI=1S/C16H30N2O/c17-18-16(15-6-3-9-19-11-15)14-8-7-12-4-1-2-5-13(12)10-14/h12-16,18H,1-11,17H2. The first kappa shape index (κ1) is 13.8. The van der Waals surface area contributed by atoms with Gasteiger partial charge in [-0.1, -0.05) is 25.7 Å². The molecule has 2 aliphatic carbocycles. The molecule has 1 heterocycles. The van der Waals surface area contributed by atoms with Gasteiger partial charge >= 0.3 is 0 Å². The fraction of sp³-hybridized carbons (Fsp3) is 1.00. The molecular formula is C16H30N2O. The maximum absolute atomic E-state index is 5.90. The van der Waals surface area contributed by atoms with Crippen molar-refractivity contribution in [2.24, 2.45) is 29.5 Å². The summed E-state index contributed by atoms with van der Waals surface area (Å²) in [5, 5.41) is 0. The van der Waals surface area contributed by atoms with Crippen LogP contribution in [-0.4, -0.2) is 19.3 Å². The SMILES string of the molecule is NNC(C1CCCOC1)C1CCC2CCCCC2C1. The van der Waals surface area contributed by atoms with E-state index in [1.54, 1.807) is 0 Å². The van der Waals surface area contributed by atoms with Gasteiger partial charge in [-0.15, -0.1) is 0 Å². The van der Waals surface area contributed by atoms with Crippen molar-refractivity contribution >= 4 is 0 Å². The fourth-order valence-electron chi connectivity index (χ4n) is 4.94. The van der Waals surface area contributed by atoms with Gasteiger partial charge in [0.2, 0.25) is 0 Å². The number of hydrogen-bond acceptors (Lipinski definition) is 3. The Morgan fingerprint density at radius 3 is 2.47 bits per heavy atom. The van der Waals surface area contributed by atoms with Gasteiger partial charge in [0.05, 0.1) is 6.61 Å². The molecule has 0 amide bonds. The Labute approximate surface area is 117 Å². The second kappa shape index (κ2) is 6.55. The molecule has 0 aromatic carbocycles. The lowest BCUT2D eigenvalue weighted by Crippen LogP contribution is -2.50. The second-order valence-corrected chi connectivity index (χ2v) is 7.05. The van der Waals surface area contributed by atoms with E-state index in [2.05, 4.69) is 5.43 Å². The molecule has 3 heteroatoms. The van der Waals surface area contributed by atoms with Gasteiger partial charge in [-0.3, -0.25) is 11.3 Å². The molecule has 3 aliphatic rings. The highest BCUT2D eigenvalue weighted by atomic mass is 16.5. The Kier molecular flexibility index (Phi) is 4.78. The highest BCUT2D eigenvalue weighted by molar-refractivity contribution is 4.90. The van der Waals surface area contributed by atoms with E-state index in [0.717, 1.165) is 31.0 Å². The third-order valence-electron chi connectivity index (χ3n) is 5.98. The van der Waals surface area contributed by atoms with E-state index in [-0.39, 0.29) is 0 Å². The Hall–Kier alpha value is -0.120. The lowest BCUT2D eigenvalue weighted by molar-refractivity contribution is 0.0132. The van der Waals surface area contributed by atoms with Gasteiger partial charge in [0.15, 0.2) is 0 Å². The van der Waals surface area contributed by atoms with Crippen LogP contribution in [0.2, 0.25) is 0 Å². The normalized spacial score (nSPS) is 41.5. The zero-order valence-corrected chi connectivity index (χ0v) is 12.2. The second-order valence-electron chi connectivity index (χ2n) is 7.05. The molecule has 0 radical (unpaired) electrons. The summed E-state index contributed by atoms with van der Waals surface area (Å²) in [5.74, 6) is 9.35. The summed E-state index contributed by atoms with van der Waals surface area (Å²) < 4.78 is 5.67. The zero-order valence-electron chi connectivity index (χ0n) is 12.2. The van der Waals surface area contributed by atoms with Crippen molar-refractivity contribution in [3.63, 3.8) is 0 Å². The first-order valence-corrected chi connectivity index (χ1v) is 8.42. The zero-order chi connectivity index (χ0) is 13.1. The Morgan fingerprint density at radius 2 is 1.74 bits per heavy atom. The van der Waals surface area contributed by atoms with E-state index in [0.29, 0.717) is 12.0 Å². The van der Waals surface area contributed by atoms with Gasteiger partial charge in [0.1, 0.15) is 0 Å². The first-order valence-electron chi connectivity index (χ1n) is 8.42. The minimum atomic E-state index is 0.489. The molecular weight excluding hydrogens is 236 g/mol. The third-order valence-corrected chi connectivity index (χ3v) is 5.98. The van der Waals surface area contributed by atoms with Gasteiger partial charge in [0.25, 0.3) is 0 Å². The van der Waals surface area contributed by atoms with Crippen LogP contribution in [0.4, 0.5) is 0 Å². The van der Waals surface area contributed by atoms with Gasteiger partial charge in [-0.05, 0) is 55.8 Å². The van der Waals surface area contributed by atoms with Crippen molar-refractivity contribution in [3.8, 4) is 0 Å². The van der Waals surface area contributed by atoms with E-state index in [9.17, 15) is 0 Å². The predicted molar refractivity (Wildman–Crippen MR) is 77.4 cm³/mol.